The average molecular weight is 595 g/mol. The highest BCUT2D eigenvalue weighted by molar-refractivity contribution is 9.10. The molecule has 0 unspecified atom stereocenters. The van der Waals surface area contributed by atoms with E-state index in [9.17, 15) is 4.79 Å². The Hall–Kier alpha value is -2.09. The molecule has 0 N–H and O–H groups in total. The number of fused-ring (bicyclic) bond motifs is 3. The minimum Gasteiger partial charge on any atom is -0.486 e. The molecule has 0 radical (unpaired) electrons. The minimum atomic E-state index is -0.101. The average Bonchev–Trinajstić information content (AvgIpc) is 3.25. The molecule has 0 atom stereocenters. The summed E-state index contributed by atoms with van der Waals surface area (Å²) in [6, 6.07) is 12.9. The zero-order valence-electron chi connectivity index (χ0n) is 18.0. The van der Waals surface area contributed by atoms with Crippen LogP contribution in [0.4, 0.5) is 0 Å². The molecule has 0 aliphatic rings. The van der Waals surface area contributed by atoms with Crippen LogP contribution in [-0.2, 0) is 6.61 Å². The van der Waals surface area contributed by atoms with Crippen molar-refractivity contribution in [2.45, 2.75) is 20.5 Å². The van der Waals surface area contributed by atoms with Crippen molar-refractivity contribution in [1.29, 1.82) is 0 Å². The monoisotopic (exact) mass is 592 g/mol. The van der Waals surface area contributed by atoms with Crippen molar-refractivity contribution < 1.29 is 4.74 Å². The van der Waals surface area contributed by atoms with E-state index < -0.39 is 0 Å². The van der Waals surface area contributed by atoms with E-state index in [0.29, 0.717) is 34.8 Å². The second-order valence-electron chi connectivity index (χ2n) is 7.91. The summed E-state index contributed by atoms with van der Waals surface area (Å²) in [5.41, 5.74) is 5.38. The number of imidazole rings is 1. The van der Waals surface area contributed by atoms with Gasteiger partial charge in [-0.1, -0.05) is 52.2 Å². The molecular formula is C25H16BrCl3N2O2S. The van der Waals surface area contributed by atoms with Gasteiger partial charge in [0.15, 0.2) is 10.7 Å². The molecule has 172 valence electrons. The van der Waals surface area contributed by atoms with Crippen LogP contribution in [0.2, 0.25) is 15.1 Å². The van der Waals surface area contributed by atoms with E-state index in [1.165, 1.54) is 11.3 Å². The van der Waals surface area contributed by atoms with Crippen molar-refractivity contribution in [3.63, 3.8) is 0 Å². The van der Waals surface area contributed by atoms with Crippen LogP contribution >= 0.6 is 62.1 Å². The third-order valence-corrected chi connectivity index (χ3v) is 7.99. The first-order valence-electron chi connectivity index (χ1n) is 10.2. The quantitative estimate of drug-likeness (QED) is 0.218. The van der Waals surface area contributed by atoms with E-state index in [1.807, 2.05) is 44.2 Å². The number of benzene rings is 3. The number of ether oxygens (including phenoxy) is 1. The summed E-state index contributed by atoms with van der Waals surface area (Å²) in [4.78, 5) is 18.5. The Morgan fingerprint density at radius 1 is 1.06 bits per heavy atom. The van der Waals surface area contributed by atoms with Gasteiger partial charge in [0.05, 0.1) is 25.1 Å². The van der Waals surface area contributed by atoms with Crippen LogP contribution < -0.4 is 14.8 Å². The van der Waals surface area contributed by atoms with E-state index in [0.717, 1.165) is 33.3 Å². The lowest BCUT2D eigenvalue weighted by Gasteiger charge is -2.12. The third kappa shape index (κ3) is 4.34. The number of aryl methyl sites for hydroxylation is 2. The van der Waals surface area contributed by atoms with Gasteiger partial charge in [-0.05, 0) is 88.9 Å². The molecule has 3 aromatic carbocycles. The molecule has 0 saturated heterocycles. The van der Waals surface area contributed by atoms with Crippen molar-refractivity contribution in [3.05, 3.63) is 99.1 Å². The number of nitrogens with zero attached hydrogens (tertiary/aromatic N) is 2. The van der Waals surface area contributed by atoms with Gasteiger partial charge in [-0.25, -0.2) is 9.38 Å². The second-order valence-corrected chi connectivity index (χ2v) is 11.0. The van der Waals surface area contributed by atoms with Crippen molar-refractivity contribution in [3.8, 4) is 5.75 Å². The molecule has 2 aromatic heterocycles. The molecule has 5 rings (SSSR count). The number of hydrogen-bond donors (Lipinski definition) is 0. The number of halogens is 4. The lowest BCUT2D eigenvalue weighted by Crippen LogP contribution is -2.22. The highest BCUT2D eigenvalue weighted by Gasteiger charge is 2.14. The largest absolute Gasteiger partial charge is 0.486 e. The zero-order chi connectivity index (χ0) is 24.1. The SMILES string of the molecule is Cc1cc2nc3s/c(=C\c4cc(Cl)c(OCc5ccc(Cl)cc5Cl)c(Br)c4)c(=O)n3c2cc1C. The van der Waals surface area contributed by atoms with Crippen molar-refractivity contribution in [2.24, 2.45) is 0 Å². The van der Waals surface area contributed by atoms with Crippen molar-refractivity contribution in [1.82, 2.24) is 9.38 Å². The van der Waals surface area contributed by atoms with Gasteiger partial charge >= 0.3 is 0 Å². The highest BCUT2D eigenvalue weighted by Crippen LogP contribution is 2.36. The van der Waals surface area contributed by atoms with Crippen LogP contribution in [0.5, 0.6) is 5.75 Å². The van der Waals surface area contributed by atoms with Crippen molar-refractivity contribution in [2.75, 3.05) is 0 Å². The molecule has 0 amide bonds. The van der Waals surface area contributed by atoms with Gasteiger partial charge in [0, 0.05) is 15.6 Å². The number of hydrogen-bond acceptors (Lipinski definition) is 4. The lowest BCUT2D eigenvalue weighted by molar-refractivity contribution is 0.304. The molecule has 5 aromatic rings. The Bertz CT molecular complexity index is 1690. The number of aromatic nitrogens is 2. The van der Waals surface area contributed by atoms with Gasteiger partial charge in [-0.15, -0.1) is 0 Å². The fourth-order valence-electron chi connectivity index (χ4n) is 3.66. The molecule has 9 heteroatoms. The predicted octanol–water partition coefficient (Wildman–Crippen LogP) is 7.38. The van der Waals surface area contributed by atoms with Crippen molar-refractivity contribution >= 4 is 84.1 Å². The van der Waals surface area contributed by atoms with Gasteiger partial charge in [0.1, 0.15) is 6.61 Å². The van der Waals surface area contributed by atoms with E-state index in [-0.39, 0.29) is 12.2 Å². The summed E-state index contributed by atoms with van der Waals surface area (Å²) >= 11 is 23.6. The molecule has 0 aliphatic carbocycles. The van der Waals surface area contributed by atoms with Gasteiger partial charge in [-0.3, -0.25) is 4.79 Å². The zero-order valence-corrected chi connectivity index (χ0v) is 22.6. The number of rotatable bonds is 4. The predicted molar refractivity (Wildman–Crippen MR) is 145 cm³/mol. The van der Waals surface area contributed by atoms with Crippen LogP contribution in [-0.4, -0.2) is 9.38 Å². The van der Waals surface area contributed by atoms with Gasteiger partial charge < -0.3 is 4.74 Å². The first-order valence-corrected chi connectivity index (χ1v) is 13.0. The smallest absolute Gasteiger partial charge is 0.274 e. The van der Waals surface area contributed by atoms with Crippen LogP contribution in [0.15, 0.2) is 51.7 Å². The Labute approximate surface area is 222 Å². The molecule has 0 bridgehead atoms. The fraction of sp³-hybridized carbons (Fsp3) is 0.120. The first-order chi connectivity index (χ1) is 16.2. The molecule has 4 nitrogen and oxygen atoms in total. The maximum atomic E-state index is 13.2. The minimum absolute atomic E-state index is 0.101. The fourth-order valence-corrected chi connectivity index (χ4v) is 6.10. The second kappa shape index (κ2) is 9.17. The third-order valence-electron chi connectivity index (χ3n) is 5.56. The maximum absolute atomic E-state index is 13.2. The van der Waals surface area contributed by atoms with E-state index >= 15 is 0 Å². The van der Waals surface area contributed by atoms with Crippen LogP contribution in [0.25, 0.3) is 22.1 Å². The standard InChI is InChI=1S/C25H16BrCl3N2O2S/c1-12-5-20-21(6-13(12)2)31-24(32)22(34-25(31)30-20)9-14-7-17(26)23(19(29)8-14)33-11-15-3-4-16(27)10-18(15)28/h3-10H,11H2,1-2H3/b22-9-. The molecule has 34 heavy (non-hydrogen) atoms. The molecule has 2 heterocycles. The van der Waals surface area contributed by atoms with E-state index in [1.54, 1.807) is 22.6 Å². The summed E-state index contributed by atoms with van der Waals surface area (Å²) in [7, 11) is 0. The summed E-state index contributed by atoms with van der Waals surface area (Å²) in [6.45, 7) is 4.30. The Balaban J connectivity index is 1.50. The molecular weight excluding hydrogens is 579 g/mol. The van der Waals surface area contributed by atoms with Gasteiger partial charge in [0.25, 0.3) is 5.56 Å². The topological polar surface area (TPSA) is 43.6 Å². The summed E-state index contributed by atoms with van der Waals surface area (Å²) < 4.78 is 8.83. The van der Waals surface area contributed by atoms with Gasteiger partial charge in [0.2, 0.25) is 0 Å². The van der Waals surface area contributed by atoms with E-state index in [4.69, 9.17) is 39.5 Å². The van der Waals surface area contributed by atoms with Crippen LogP contribution in [0.1, 0.15) is 22.3 Å². The molecule has 0 aliphatic heterocycles. The Morgan fingerprint density at radius 2 is 1.82 bits per heavy atom. The molecule has 0 spiro atoms. The maximum Gasteiger partial charge on any atom is 0.274 e. The summed E-state index contributed by atoms with van der Waals surface area (Å²) in [6.07, 6.45) is 1.81. The van der Waals surface area contributed by atoms with Crippen LogP contribution in [0, 0.1) is 13.8 Å². The van der Waals surface area contributed by atoms with Gasteiger partial charge in [-0.2, -0.15) is 0 Å². The van der Waals surface area contributed by atoms with Crippen LogP contribution in [0.3, 0.4) is 0 Å². The summed E-state index contributed by atoms with van der Waals surface area (Å²) in [5, 5.41) is 1.49. The Kier molecular flexibility index (Phi) is 6.38. The molecule has 0 saturated carbocycles. The molecule has 0 fully saturated rings. The normalized spacial score (nSPS) is 12.2. The summed E-state index contributed by atoms with van der Waals surface area (Å²) in [5.74, 6) is 0.491. The first kappa shape index (κ1) is 23.6. The highest BCUT2D eigenvalue weighted by atomic mass is 79.9. The Morgan fingerprint density at radius 3 is 2.56 bits per heavy atom. The lowest BCUT2D eigenvalue weighted by atomic mass is 10.1. The number of thiazole rings is 1. The van der Waals surface area contributed by atoms with E-state index in [2.05, 4.69) is 20.9 Å².